The molecule has 0 aromatic rings. The number of alkyl halides is 2. The molecule has 0 saturated heterocycles. The van der Waals surface area contributed by atoms with Gasteiger partial charge in [-0.05, 0) is 6.92 Å². The highest BCUT2D eigenvalue weighted by Crippen LogP contribution is 2.12. The number of rotatable bonds is 2. The quantitative estimate of drug-likeness (QED) is 0.346. The molecule has 0 spiro atoms. The van der Waals surface area contributed by atoms with Crippen LogP contribution in [-0.4, -0.2) is 10.9 Å². The maximum absolute atomic E-state index is 9.54. The summed E-state index contributed by atoms with van der Waals surface area (Å²) < 4.78 is -1.12. The number of hydrogen-bond acceptors (Lipinski definition) is 1. The molecule has 2 nitrogen and oxygen atoms in total. The molecule has 0 rings (SSSR count). The van der Waals surface area contributed by atoms with Crippen LogP contribution >= 0.6 is 23.2 Å². The van der Waals surface area contributed by atoms with Gasteiger partial charge in [-0.2, -0.15) is 0 Å². The second-order valence-corrected chi connectivity index (χ2v) is 2.86. The van der Waals surface area contributed by atoms with E-state index < -0.39 is 4.46 Å². The molecule has 42 valence electrons. The Labute approximate surface area is 51.8 Å². The third-order valence-corrected chi connectivity index (χ3v) is 0.531. The molecule has 1 N–H and O–H groups in total. The van der Waals surface area contributed by atoms with Gasteiger partial charge >= 0.3 is 0 Å². The predicted molar refractivity (Wildman–Crippen MR) is 29.3 cm³/mol. The van der Waals surface area contributed by atoms with Crippen LogP contribution in [0.15, 0.2) is 0 Å². The molecule has 0 aliphatic carbocycles. The standard InChI is InChI=1S/C3H5Cl2NO/c1-3(4,5)6-2-7/h2H,1H3,(H,6,7). The van der Waals surface area contributed by atoms with Gasteiger partial charge in [0.05, 0.1) is 0 Å². The number of amides is 1. The molecule has 0 fully saturated rings. The maximum Gasteiger partial charge on any atom is 0.209 e. The second kappa shape index (κ2) is 2.38. The Bertz CT molecular complexity index is 67.8. The smallest absolute Gasteiger partial charge is 0.209 e. The summed E-state index contributed by atoms with van der Waals surface area (Å²) in [4.78, 5) is 9.54. The average Bonchev–Trinajstić information content (AvgIpc) is 1.30. The Kier molecular flexibility index (Phi) is 2.40. The van der Waals surface area contributed by atoms with E-state index >= 15 is 0 Å². The molecule has 0 aliphatic heterocycles. The fourth-order valence-corrected chi connectivity index (χ4v) is 0.193. The fraction of sp³-hybridized carbons (Fsp3) is 0.667. The SMILES string of the molecule is CC(Cl)(Cl)NC=O. The van der Waals surface area contributed by atoms with Gasteiger partial charge in [0.2, 0.25) is 6.41 Å². The summed E-state index contributed by atoms with van der Waals surface area (Å²) in [5, 5.41) is 2.14. The molecule has 0 aromatic heterocycles. The molecule has 4 heteroatoms. The van der Waals surface area contributed by atoms with Crippen LogP contribution in [0.3, 0.4) is 0 Å². The molecular weight excluding hydrogens is 137 g/mol. The Morgan fingerprint density at radius 1 is 1.71 bits per heavy atom. The first-order valence-corrected chi connectivity index (χ1v) is 2.41. The number of hydrogen-bond donors (Lipinski definition) is 1. The molecule has 0 bridgehead atoms. The summed E-state index contributed by atoms with van der Waals surface area (Å²) in [6.45, 7) is 1.46. The Morgan fingerprint density at radius 3 is 2.14 bits per heavy atom. The van der Waals surface area contributed by atoms with E-state index in [1.54, 1.807) is 0 Å². The van der Waals surface area contributed by atoms with Crippen molar-refractivity contribution in [1.29, 1.82) is 0 Å². The maximum atomic E-state index is 9.54. The molecule has 0 aromatic carbocycles. The average molecular weight is 142 g/mol. The summed E-state index contributed by atoms with van der Waals surface area (Å²) in [6.07, 6.45) is 0.444. The van der Waals surface area contributed by atoms with Crippen molar-refractivity contribution < 1.29 is 4.79 Å². The van der Waals surface area contributed by atoms with Gasteiger partial charge < -0.3 is 5.32 Å². The predicted octanol–water partition coefficient (Wildman–Crippen LogP) is 0.884. The van der Waals surface area contributed by atoms with E-state index in [1.165, 1.54) is 6.92 Å². The summed E-state index contributed by atoms with van der Waals surface area (Å²) in [7, 11) is 0. The second-order valence-electron chi connectivity index (χ2n) is 1.15. The summed E-state index contributed by atoms with van der Waals surface area (Å²) in [6, 6.07) is 0. The number of carbonyl (C=O) groups excluding carboxylic acids is 1. The fourth-order valence-electron chi connectivity index (χ4n) is 0.103. The van der Waals surface area contributed by atoms with Gasteiger partial charge in [-0.3, -0.25) is 4.79 Å². The molecule has 7 heavy (non-hydrogen) atoms. The summed E-state index contributed by atoms with van der Waals surface area (Å²) >= 11 is 10.5. The number of halogens is 2. The van der Waals surface area contributed by atoms with E-state index in [9.17, 15) is 4.79 Å². The van der Waals surface area contributed by atoms with Crippen molar-refractivity contribution in [2.75, 3.05) is 0 Å². The molecule has 0 unspecified atom stereocenters. The van der Waals surface area contributed by atoms with E-state index in [1.807, 2.05) is 0 Å². The minimum Gasteiger partial charge on any atom is -0.328 e. The van der Waals surface area contributed by atoms with Gasteiger partial charge in [-0.25, -0.2) is 0 Å². The van der Waals surface area contributed by atoms with Crippen molar-refractivity contribution in [3.05, 3.63) is 0 Å². The third-order valence-electron chi connectivity index (χ3n) is 0.312. The van der Waals surface area contributed by atoms with Crippen LogP contribution < -0.4 is 5.32 Å². The van der Waals surface area contributed by atoms with Gasteiger partial charge in [0.1, 0.15) is 0 Å². The van der Waals surface area contributed by atoms with Crippen LogP contribution in [0.2, 0.25) is 0 Å². The Balaban J connectivity index is 3.34. The summed E-state index contributed by atoms with van der Waals surface area (Å²) in [5.41, 5.74) is 0. The first kappa shape index (κ1) is 7.05. The Hall–Kier alpha value is 0.0500. The van der Waals surface area contributed by atoms with E-state index in [-0.39, 0.29) is 0 Å². The minimum atomic E-state index is -1.12. The largest absolute Gasteiger partial charge is 0.328 e. The normalized spacial score (nSPS) is 10.7. The van der Waals surface area contributed by atoms with E-state index in [0.29, 0.717) is 6.41 Å². The highest BCUT2D eigenvalue weighted by Gasteiger charge is 2.11. The van der Waals surface area contributed by atoms with Crippen molar-refractivity contribution in [3.63, 3.8) is 0 Å². The lowest BCUT2D eigenvalue weighted by Crippen LogP contribution is -2.28. The van der Waals surface area contributed by atoms with E-state index in [4.69, 9.17) is 23.2 Å². The molecule has 1 amide bonds. The zero-order valence-corrected chi connectivity index (χ0v) is 5.25. The highest BCUT2D eigenvalue weighted by molar-refractivity contribution is 6.48. The van der Waals surface area contributed by atoms with Gasteiger partial charge in [-0.15, -0.1) is 0 Å². The van der Waals surface area contributed by atoms with Crippen LogP contribution in [0.4, 0.5) is 0 Å². The van der Waals surface area contributed by atoms with Crippen molar-refractivity contribution in [2.45, 2.75) is 11.4 Å². The molecule has 0 saturated carbocycles. The zero-order valence-electron chi connectivity index (χ0n) is 3.74. The Morgan fingerprint density at radius 2 is 2.14 bits per heavy atom. The highest BCUT2D eigenvalue weighted by atomic mass is 35.5. The van der Waals surface area contributed by atoms with Crippen LogP contribution in [0.25, 0.3) is 0 Å². The number of carbonyl (C=O) groups is 1. The van der Waals surface area contributed by atoms with Gasteiger partial charge in [-0.1, -0.05) is 23.2 Å². The van der Waals surface area contributed by atoms with Crippen molar-refractivity contribution in [1.82, 2.24) is 5.32 Å². The first-order valence-electron chi connectivity index (χ1n) is 1.65. The lowest BCUT2D eigenvalue weighted by molar-refractivity contribution is -0.109. The monoisotopic (exact) mass is 141 g/mol. The van der Waals surface area contributed by atoms with Gasteiger partial charge in [0.25, 0.3) is 0 Å². The van der Waals surface area contributed by atoms with E-state index in [0.717, 1.165) is 0 Å². The van der Waals surface area contributed by atoms with Crippen LogP contribution in [0.1, 0.15) is 6.92 Å². The first-order chi connectivity index (χ1) is 3.06. The molecular formula is C3H5Cl2NO. The van der Waals surface area contributed by atoms with Crippen molar-refractivity contribution >= 4 is 29.6 Å². The lowest BCUT2D eigenvalue weighted by Gasteiger charge is -2.08. The van der Waals surface area contributed by atoms with Crippen LogP contribution in [-0.2, 0) is 4.79 Å². The molecule has 0 radical (unpaired) electrons. The van der Waals surface area contributed by atoms with Gasteiger partial charge in [0.15, 0.2) is 4.46 Å². The minimum absolute atomic E-state index is 0.444. The zero-order chi connectivity index (χ0) is 5.91. The molecule has 0 aliphatic rings. The molecule has 0 heterocycles. The number of nitrogens with one attached hydrogen (secondary N) is 1. The third kappa shape index (κ3) is 6.05. The van der Waals surface area contributed by atoms with Gasteiger partial charge in [0, 0.05) is 0 Å². The van der Waals surface area contributed by atoms with Crippen LogP contribution in [0.5, 0.6) is 0 Å². The molecule has 0 atom stereocenters. The van der Waals surface area contributed by atoms with E-state index in [2.05, 4.69) is 5.32 Å². The lowest BCUT2D eigenvalue weighted by atomic mass is 10.7. The van der Waals surface area contributed by atoms with Crippen molar-refractivity contribution in [2.24, 2.45) is 0 Å². The van der Waals surface area contributed by atoms with Crippen molar-refractivity contribution in [3.8, 4) is 0 Å². The summed E-state index contributed by atoms with van der Waals surface area (Å²) in [5.74, 6) is 0. The topological polar surface area (TPSA) is 29.1 Å². The van der Waals surface area contributed by atoms with Crippen LogP contribution in [0, 0.1) is 0 Å².